The van der Waals surface area contributed by atoms with Gasteiger partial charge in [0.15, 0.2) is 5.43 Å². The lowest BCUT2D eigenvalue weighted by atomic mass is 10.1. The van der Waals surface area contributed by atoms with Crippen LogP contribution in [0.15, 0.2) is 57.7 Å². The van der Waals surface area contributed by atoms with Crippen molar-refractivity contribution in [1.82, 2.24) is 0 Å². The number of alkyl halides is 1. The molecule has 1 heterocycles. The Hall–Kier alpha value is -1.94. The van der Waals surface area contributed by atoms with E-state index in [-0.39, 0.29) is 11.2 Å². The highest BCUT2D eigenvalue weighted by molar-refractivity contribution is 9.08. The highest BCUT2D eigenvalue weighted by Crippen LogP contribution is 2.27. The van der Waals surface area contributed by atoms with Gasteiger partial charge >= 0.3 is 0 Å². The van der Waals surface area contributed by atoms with E-state index in [0.717, 1.165) is 0 Å². The summed E-state index contributed by atoms with van der Waals surface area (Å²) in [7, 11) is 0. The zero-order chi connectivity index (χ0) is 14.1. The van der Waals surface area contributed by atoms with E-state index in [9.17, 15) is 9.18 Å². The Labute approximate surface area is 123 Å². The van der Waals surface area contributed by atoms with Gasteiger partial charge in [-0.3, -0.25) is 4.79 Å². The zero-order valence-corrected chi connectivity index (χ0v) is 12.0. The van der Waals surface area contributed by atoms with Gasteiger partial charge in [0, 0.05) is 10.9 Å². The van der Waals surface area contributed by atoms with Gasteiger partial charge in [0.2, 0.25) is 0 Å². The van der Waals surface area contributed by atoms with E-state index in [1.54, 1.807) is 36.4 Å². The topological polar surface area (TPSA) is 30.2 Å². The van der Waals surface area contributed by atoms with Gasteiger partial charge in [-0.05, 0) is 24.3 Å². The van der Waals surface area contributed by atoms with E-state index < -0.39 is 0 Å². The van der Waals surface area contributed by atoms with Gasteiger partial charge in [0.1, 0.15) is 17.2 Å². The summed E-state index contributed by atoms with van der Waals surface area (Å²) in [6, 6.07) is 13.1. The van der Waals surface area contributed by atoms with E-state index in [2.05, 4.69) is 15.9 Å². The molecule has 1 aromatic heterocycles. The van der Waals surface area contributed by atoms with Crippen molar-refractivity contribution in [2.24, 2.45) is 0 Å². The van der Waals surface area contributed by atoms with Crippen molar-refractivity contribution in [2.45, 2.75) is 5.33 Å². The Morgan fingerprint density at radius 2 is 1.90 bits per heavy atom. The third-order valence-electron chi connectivity index (χ3n) is 3.11. The van der Waals surface area contributed by atoms with E-state index in [1.807, 2.05) is 0 Å². The Kier molecular flexibility index (Phi) is 3.40. The van der Waals surface area contributed by atoms with Gasteiger partial charge in [-0.2, -0.15) is 0 Å². The predicted octanol–water partition coefficient (Wildman–Crippen LogP) is 4.49. The number of halogens is 2. The van der Waals surface area contributed by atoms with Crippen LogP contribution in [0.2, 0.25) is 0 Å². The molecule has 100 valence electrons. The molecule has 0 aliphatic carbocycles. The SMILES string of the molecule is O=c1c(CBr)c(-c2cccc(F)c2)oc2ccccc12. The summed E-state index contributed by atoms with van der Waals surface area (Å²) in [5.41, 5.74) is 1.46. The fourth-order valence-corrected chi connectivity index (χ4v) is 2.67. The monoisotopic (exact) mass is 332 g/mol. The number of hydrogen-bond donors (Lipinski definition) is 0. The first kappa shape index (κ1) is 13.1. The van der Waals surface area contributed by atoms with Crippen LogP contribution in [0.1, 0.15) is 5.56 Å². The average Bonchev–Trinajstić information content (AvgIpc) is 2.47. The number of para-hydroxylation sites is 1. The van der Waals surface area contributed by atoms with Gasteiger partial charge in [-0.15, -0.1) is 0 Å². The van der Waals surface area contributed by atoms with Crippen LogP contribution < -0.4 is 5.43 Å². The Balaban J connectivity index is 2.38. The molecule has 0 N–H and O–H groups in total. The molecule has 0 aliphatic heterocycles. The van der Waals surface area contributed by atoms with Crippen molar-refractivity contribution in [3.63, 3.8) is 0 Å². The minimum absolute atomic E-state index is 0.0945. The van der Waals surface area contributed by atoms with Crippen molar-refractivity contribution in [3.05, 3.63) is 70.1 Å². The summed E-state index contributed by atoms with van der Waals surface area (Å²) in [6.07, 6.45) is 0. The van der Waals surface area contributed by atoms with Crippen molar-refractivity contribution < 1.29 is 8.81 Å². The lowest BCUT2D eigenvalue weighted by Gasteiger charge is -2.08. The molecular weight excluding hydrogens is 323 g/mol. The molecule has 3 rings (SSSR count). The third kappa shape index (κ3) is 2.16. The lowest BCUT2D eigenvalue weighted by molar-refractivity contribution is 0.607. The summed E-state index contributed by atoms with van der Waals surface area (Å²) in [5, 5.41) is 0.883. The first-order valence-corrected chi connectivity index (χ1v) is 7.19. The predicted molar refractivity (Wildman–Crippen MR) is 80.5 cm³/mol. The van der Waals surface area contributed by atoms with Gasteiger partial charge < -0.3 is 4.42 Å². The molecule has 0 atom stereocenters. The number of fused-ring (bicyclic) bond motifs is 1. The van der Waals surface area contributed by atoms with Crippen molar-refractivity contribution in [2.75, 3.05) is 0 Å². The van der Waals surface area contributed by atoms with Crippen molar-refractivity contribution >= 4 is 26.9 Å². The van der Waals surface area contributed by atoms with Crippen LogP contribution in [0.3, 0.4) is 0 Å². The molecule has 0 radical (unpaired) electrons. The second kappa shape index (κ2) is 5.21. The molecular formula is C16H10BrFO2. The second-order valence-electron chi connectivity index (χ2n) is 4.38. The number of benzene rings is 2. The molecule has 0 fully saturated rings. The van der Waals surface area contributed by atoms with Crippen LogP contribution in [-0.4, -0.2) is 0 Å². The average molecular weight is 333 g/mol. The summed E-state index contributed by atoms with van der Waals surface area (Å²) in [5.74, 6) is 0.0453. The third-order valence-corrected chi connectivity index (χ3v) is 3.67. The highest BCUT2D eigenvalue weighted by atomic mass is 79.9. The van der Waals surface area contributed by atoms with Gasteiger partial charge in [0.25, 0.3) is 0 Å². The minimum Gasteiger partial charge on any atom is -0.455 e. The van der Waals surface area contributed by atoms with Crippen molar-refractivity contribution in [1.29, 1.82) is 0 Å². The zero-order valence-electron chi connectivity index (χ0n) is 10.4. The van der Waals surface area contributed by atoms with Crippen LogP contribution in [0, 0.1) is 5.82 Å². The van der Waals surface area contributed by atoms with Crippen LogP contribution in [-0.2, 0) is 5.33 Å². The maximum Gasteiger partial charge on any atom is 0.197 e. The molecule has 0 spiro atoms. The van der Waals surface area contributed by atoms with E-state index in [1.165, 1.54) is 12.1 Å². The first-order valence-electron chi connectivity index (χ1n) is 6.07. The van der Waals surface area contributed by atoms with E-state index in [4.69, 9.17) is 4.42 Å². The molecule has 3 aromatic rings. The van der Waals surface area contributed by atoms with Crippen LogP contribution in [0.4, 0.5) is 4.39 Å². The summed E-state index contributed by atoms with van der Waals surface area (Å²) < 4.78 is 19.2. The molecule has 0 saturated carbocycles. The molecule has 0 unspecified atom stereocenters. The largest absolute Gasteiger partial charge is 0.455 e. The standard InChI is InChI=1S/C16H10BrFO2/c17-9-13-15(19)12-6-1-2-7-14(12)20-16(13)10-4-3-5-11(18)8-10/h1-8H,9H2. The fourth-order valence-electron chi connectivity index (χ4n) is 2.16. The molecule has 0 aliphatic rings. The second-order valence-corrected chi connectivity index (χ2v) is 4.94. The molecule has 4 heteroatoms. The lowest BCUT2D eigenvalue weighted by Crippen LogP contribution is -2.09. The van der Waals surface area contributed by atoms with Crippen LogP contribution in [0.25, 0.3) is 22.3 Å². The maximum atomic E-state index is 13.4. The Morgan fingerprint density at radius 1 is 1.10 bits per heavy atom. The van der Waals surface area contributed by atoms with Gasteiger partial charge in [0.05, 0.1) is 10.9 Å². The van der Waals surface area contributed by atoms with Gasteiger partial charge in [-0.25, -0.2) is 4.39 Å². The van der Waals surface area contributed by atoms with E-state index >= 15 is 0 Å². The summed E-state index contributed by atoms with van der Waals surface area (Å²) >= 11 is 3.31. The summed E-state index contributed by atoms with van der Waals surface area (Å²) in [4.78, 5) is 12.5. The molecule has 0 saturated heterocycles. The van der Waals surface area contributed by atoms with Crippen LogP contribution >= 0.6 is 15.9 Å². The Morgan fingerprint density at radius 3 is 2.65 bits per heavy atom. The molecule has 2 nitrogen and oxygen atoms in total. The Bertz CT molecular complexity index is 839. The number of hydrogen-bond acceptors (Lipinski definition) is 2. The van der Waals surface area contributed by atoms with Crippen LogP contribution in [0.5, 0.6) is 0 Å². The highest BCUT2D eigenvalue weighted by Gasteiger charge is 2.15. The number of rotatable bonds is 2. The quantitative estimate of drug-likeness (QED) is 0.647. The summed E-state index contributed by atoms with van der Waals surface area (Å²) in [6.45, 7) is 0. The molecule has 0 bridgehead atoms. The fraction of sp³-hybridized carbons (Fsp3) is 0.0625. The van der Waals surface area contributed by atoms with E-state index in [0.29, 0.717) is 33.2 Å². The first-order chi connectivity index (χ1) is 9.70. The van der Waals surface area contributed by atoms with Gasteiger partial charge in [-0.1, -0.05) is 40.2 Å². The normalized spacial score (nSPS) is 10.9. The maximum absolute atomic E-state index is 13.4. The smallest absolute Gasteiger partial charge is 0.197 e. The molecule has 0 amide bonds. The molecule has 20 heavy (non-hydrogen) atoms. The minimum atomic E-state index is -0.362. The van der Waals surface area contributed by atoms with Crippen molar-refractivity contribution in [3.8, 4) is 11.3 Å². The molecule has 2 aromatic carbocycles.